The van der Waals surface area contributed by atoms with E-state index in [-0.39, 0.29) is 29.7 Å². The Kier molecular flexibility index (Phi) is 7.94. The second-order valence-corrected chi connectivity index (χ2v) is 9.41. The molecule has 2 amide bonds. The third-order valence-electron chi connectivity index (χ3n) is 6.57. The summed E-state index contributed by atoms with van der Waals surface area (Å²) in [5.74, 6) is 6.34. The molecule has 3 heterocycles. The quantitative estimate of drug-likeness (QED) is 0.306. The fourth-order valence-corrected chi connectivity index (χ4v) is 4.55. The van der Waals surface area contributed by atoms with Gasteiger partial charge in [0.05, 0.1) is 12.6 Å². The SMILES string of the molecule is CCOC(=O)c1c(-c2ccc(C(=O)Nc3cc(C(C)C)ccn3)cc2)nc([C@@H]2CCCCN2C(=O)O)n1N. The zero-order valence-corrected chi connectivity index (χ0v) is 21.7. The number of hydrogen-bond acceptors (Lipinski definition) is 7. The predicted octanol–water partition coefficient (Wildman–Crippen LogP) is 4.42. The molecule has 0 spiro atoms. The normalized spacial score (nSPS) is 15.4. The van der Waals surface area contributed by atoms with E-state index in [1.165, 1.54) is 4.90 Å². The van der Waals surface area contributed by atoms with Crippen LogP contribution < -0.4 is 11.2 Å². The number of ether oxygens (including phenoxy) is 1. The van der Waals surface area contributed by atoms with Gasteiger partial charge in [0.1, 0.15) is 11.5 Å². The van der Waals surface area contributed by atoms with Gasteiger partial charge >= 0.3 is 12.1 Å². The van der Waals surface area contributed by atoms with Crippen molar-refractivity contribution in [3.8, 4) is 11.3 Å². The largest absolute Gasteiger partial charge is 0.465 e. The summed E-state index contributed by atoms with van der Waals surface area (Å²) in [6, 6.07) is 9.71. The van der Waals surface area contributed by atoms with Crippen molar-refractivity contribution in [3.63, 3.8) is 0 Å². The van der Waals surface area contributed by atoms with Gasteiger partial charge in [-0.05, 0) is 61.9 Å². The van der Waals surface area contributed by atoms with Crippen LogP contribution in [0.15, 0.2) is 42.6 Å². The Hall–Kier alpha value is -4.41. The molecule has 4 rings (SSSR count). The molecule has 1 aliphatic heterocycles. The number of esters is 1. The van der Waals surface area contributed by atoms with Crippen LogP contribution in [-0.2, 0) is 4.74 Å². The van der Waals surface area contributed by atoms with Crippen molar-refractivity contribution in [1.29, 1.82) is 0 Å². The number of likely N-dealkylation sites (tertiary alicyclic amines) is 1. The molecule has 200 valence electrons. The van der Waals surface area contributed by atoms with Crippen LogP contribution in [0.5, 0.6) is 0 Å². The van der Waals surface area contributed by atoms with Crippen molar-refractivity contribution in [1.82, 2.24) is 19.5 Å². The monoisotopic (exact) mass is 520 g/mol. The number of carbonyl (C=O) groups is 3. The highest BCUT2D eigenvalue weighted by molar-refractivity contribution is 6.04. The molecule has 1 atom stereocenters. The summed E-state index contributed by atoms with van der Waals surface area (Å²) in [5.41, 5.74) is 2.26. The second kappa shape index (κ2) is 11.3. The van der Waals surface area contributed by atoms with Crippen molar-refractivity contribution in [2.24, 2.45) is 0 Å². The molecule has 38 heavy (non-hydrogen) atoms. The molecule has 1 saturated heterocycles. The lowest BCUT2D eigenvalue weighted by Gasteiger charge is -2.32. The van der Waals surface area contributed by atoms with Gasteiger partial charge in [0, 0.05) is 23.9 Å². The highest BCUT2D eigenvalue weighted by Crippen LogP contribution is 2.34. The van der Waals surface area contributed by atoms with Gasteiger partial charge in [0.15, 0.2) is 11.5 Å². The molecule has 0 aliphatic carbocycles. The number of pyridine rings is 1. The van der Waals surface area contributed by atoms with Crippen LogP contribution in [0.1, 0.15) is 84.2 Å². The maximum atomic E-state index is 12.9. The number of hydrogen-bond donors (Lipinski definition) is 3. The van der Waals surface area contributed by atoms with E-state index in [1.807, 2.05) is 12.1 Å². The lowest BCUT2D eigenvalue weighted by molar-refractivity contribution is 0.0516. The minimum absolute atomic E-state index is 0.0182. The number of nitrogens with zero attached hydrogens (tertiary/aromatic N) is 4. The number of nitrogen functional groups attached to an aromatic ring is 1. The highest BCUT2D eigenvalue weighted by Gasteiger charge is 2.34. The van der Waals surface area contributed by atoms with E-state index < -0.39 is 18.1 Å². The topological polar surface area (TPSA) is 153 Å². The van der Waals surface area contributed by atoms with Crippen LogP contribution in [0, 0.1) is 0 Å². The smallest absolute Gasteiger partial charge is 0.407 e. The third-order valence-corrected chi connectivity index (χ3v) is 6.57. The Balaban J connectivity index is 1.65. The van der Waals surface area contributed by atoms with Gasteiger partial charge in [-0.2, -0.15) is 0 Å². The zero-order chi connectivity index (χ0) is 27.4. The molecular formula is C27H32N6O5. The number of carbonyl (C=O) groups excluding carboxylic acids is 2. The summed E-state index contributed by atoms with van der Waals surface area (Å²) in [7, 11) is 0. The molecule has 2 aromatic heterocycles. The average molecular weight is 521 g/mol. The van der Waals surface area contributed by atoms with Gasteiger partial charge in [-0.1, -0.05) is 26.0 Å². The zero-order valence-electron chi connectivity index (χ0n) is 21.7. The number of anilines is 1. The van der Waals surface area contributed by atoms with Crippen molar-refractivity contribution >= 4 is 23.8 Å². The first-order valence-corrected chi connectivity index (χ1v) is 12.6. The maximum absolute atomic E-state index is 12.9. The number of piperidine rings is 1. The summed E-state index contributed by atoms with van der Waals surface area (Å²) < 4.78 is 6.35. The van der Waals surface area contributed by atoms with Crippen LogP contribution in [0.3, 0.4) is 0 Å². The maximum Gasteiger partial charge on any atom is 0.407 e. The summed E-state index contributed by atoms with van der Waals surface area (Å²) in [4.78, 5) is 47.7. The first-order chi connectivity index (χ1) is 18.2. The molecule has 3 aromatic rings. The number of rotatable bonds is 7. The fraction of sp³-hybridized carbons (Fsp3) is 0.370. The molecule has 0 radical (unpaired) electrons. The highest BCUT2D eigenvalue weighted by atomic mass is 16.5. The van der Waals surface area contributed by atoms with E-state index in [0.29, 0.717) is 35.8 Å². The molecule has 0 unspecified atom stereocenters. The van der Waals surface area contributed by atoms with Crippen molar-refractivity contribution in [3.05, 3.63) is 65.2 Å². The molecule has 0 bridgehead atoms. The number of carboxylic acid groups (broad SMARTS) is 1. The fourth-order valence-electron chi connectivity index (χ4n) is 4.55. The summed E-state index contributed by atoms with van der Waals surface area (Å²) in [6.45, 7) is 6.30. The minimum atomic E-state index is -1.07. The van der Waals surface area contributed by atoms with E-state index >= 15 is 0 Å². The summed E-state index contributed by atoms with van der Waals surface area (Å²) in [5, 5.41) is 12.5. The number of nitrogens with one attached hydrogen (secondary N) is 1. The van der Waals surface area contributed by atoms with Gasteiger partial charge in [0.25, 0.3) is 5.91 Å². The third kappa shape index (κ3) is 5.46. The number of amides is 2. The summed E-state index contributed by atoms with van der Waals surface area (Å²) >= 11 is 0. The molecular weight excluding hydrogens is 488 g/mol. The Bertz CT molecular complexity index is 1330. The van der Waals surface area contributed by atoms with Crippen LogP contribution >= 0.6 is 0 Å². The molecule has 1 aliphatic rings. The molecule has 11 heteroatoms. The van der Waals surface area contributed by atoms with E-state index in [2.05, 4.69) is 29.1 Å². The summed E-state index contributed by atoms with van der Waals surface area (Å²) in [6.07, 6.45) is 2.67. The van der Waals surface area contributed by atoms with Gasteiger partial charge in [0.2, 0.25) is 0 Å². The number of benzene rings is 1. The first kappa shape index (κ1) is 26.6. The van der Waals surface area contributed by atoms with Crippen LogP contribution in [0.4, 0.5) is 10.6 Å². The van der Waals surface area contributed by atoms with E-state index in [0.717, 1.165) is 23.1 Å². The Morgan fingerprint density at radius 2 is 1.92 bits per heavy atom. The second-order valence-electron chi connectivity index (χ2n) is 9.41. The van der Waals surface area contributed by atoms with Crippen LogP contribution in [0.25, 0.3) is 11.3 Å². The molecule has 0 saturated carbocycles. The van der Waals surface area contributed by atoms with Crippen molar-refractivity contribution in [2.75, 3.05) is 24.3 Å². The van der Waals surface area contributed by atoms with Crippen molar-refractivity contribution < 1.29 is 24.2 Å². The van der Waals surface area contributed by atoms with Crippen LogP contribution in [-0.4, -0.2) is 55.8 Å². The van der Waals surface area contributed by atoms with E-state index in [9.17, 15) is 19.5 Å². The Labute approximate surface area is 220 Å². The average Bonchev–Trinajstić information content (AvgIpc) is 3.25. The first-order valence-electron chi connectivity index (χ1n) is 12.6. The van der Waals surface area contributed by atoms with Gasteiger partial charge in [-0.3, -0.25) is 9.69 Å². The number of imidazole rings is 1. The molecule has 1 aromatic carbocycles. The number of aromatic nitrogens is 3. The van der Waals surface area contributed by atoms with E-state index in [1.54, 1.807) is 37.4 Å². The lowest BCUT2D eigenvalue weighted by Crippen LogP contribution is -2.39. The van der Waals surface area contributed by atoms with Gasteiger partial charge < -0.3 is 21.0 Å². The predicted molar refractivity (Wildman–Crippen MR) is 141 cm³/mol. The number of nitrogens with two attached hydrogens (primary N) is 1. The molecule has 4 N–H and O–H groups in total. The minimum Gasteiger partial charge on any atom is -0.465 e. The van der Waals surface area contributed by atoms with Crippen molar-refractivity contribution in [2.45, 2.75) is 52.0 Å². The Morgan fingerprint density at radius 1 is 1.18 bits per heavy atom. The standard InChI is InChI=1S/C27H32N6O5/c1-4-38-26(35)23-22(31-24(33(23)28)20-7-5-6-14-32(20)27(36)37)17-8-10-18(11-9-17)25(34)30-21-15-19(16(2)3)12-13-29-21/h8-13,15-16,20H,4-7,14,28H2,1-3H3,(H,36,37)(H,29,30,34)/t20-/m0/s1. The van der Waals surface area contributed by atoms with Gasteiger partial charge in [-0.25, -0.2) is 24.2 Å². The van der Waals surface area contributed by atoms with E-state index in [4.69, 9.17) is 10.6 Å². The molecule has 1 fully saturated rings. The van der Waals surface area contributed by atoms with Gasteiger partial charge in [-0.15, -0.1) is 0 Å². The van der Waals surface area contributed by atoms with Crippen LogP contribution in [0.2, 0.25) is 0 Å². The lowest BCUT2D eigenvalue weighted by atomic mass is 10.0. The Morgan fingerprint density at radius 3 is 2.58 bits per heavy atom. The molecule has 11 nitrogen and oxygen atoms in total.